The van der Waals surface area contributed by atoms with Gasteiger partial charge in [0.2, 0.25) is 5.69 Å². The standard InChI is InChI=1S/C23H26N4O3/c1-5-17(4)24-21(28)20-22(29)26(14-18-10-6-8-15(2)12-18)23(30)27(25-20)19-11-7-9-16(3)13-19/h6-13,17H,5,14H2,1-4H3,(H,24,28). The molecule has 7 heteroatoms. The fraction of sp³-hybridized carbons (Fsp3) is 0.304. The van der Waals surface area contributed by atoms with Gasteiger partial charge in [0.15, 0.2) is 0 Å². The zero-order chi connectivity index (χ0) is 21.8. The Hall–Kier alpha value is -3.48. The van der Waals surface area contributed by atoms with Gasteiger partial charge < -0.3 is 5.32 Å². The van der Waals surface area contributed by atoms with E-state index >= 15 is 0 Å². The van der Waals surface area contributed by atoms with Crippen molar-refractivity contribution in [3.63, 3.8) is 0 Å². The Bertz CT molecular complexity index is 1190. The largest absolute Gasteiger partial charge is 0.352 e. The predicted molar refractivity (Wildman–Crippen MR) is 116 cm³/mol. The summed E-state index contributed by atoms with van der Waals surface area (Å²) in [5.74, 6) is -0.589. The van der Waals surface area contributed by atoms with Crippen LogP contribution in [0.4, 0.5) is 0 Å². The van der Waals surface area contributed by atoms with Crippen molar-refractivity contribution < 1.29 is 4.79 Å². The molecule has 0 fully saturated rings. The fourth-order valence-electron chi connectivity index (χ4n) is 3.11. The minimum atomic E-state index is -0.703. The lowest BCUT2D eigenvalue weighted by Crippen LogP contribution is -2.47. The van der Waals surface area contributed by atoms with Crippen LogP contribution in [0.2, 0.25) is 0 Å². The van der Waals surface area contributed by atoms with E-state index in [1.54, 1.807) is 18.2 Å². The first-order chi connectivity index (χ1) is 14.3. The average molecular weight is 406 g/mol. The third-order valence-corrected chi connectivity index (χ3v) is 4.93. The van der Waals surface area contributed by atoms with Gasteiger partial charge in [0.1, 0.15) is 0 Å². The number of aromatic nitrogens is 3. The van der Waals surface area contributed by atoms with E-state index in [2.05, 4.69) is 10.4 Å². The Kier molecular flexibility index (Phi) is 6.30. The summed E-state index contributed by atoms with van der Waals surface area (Å²) in [6.45, 7) is 7.67. The molecule has 1 unspecified atom stereocenters. The van der Waals surface area contributed by atoms with Gasteiger partial charge in [-0.15, -0.1) is 0 Å². The number of nitrogens with one attached hydrogen (secondary N) is 1. The molecule has 1 heterocycles. The van der Waals surface area contributed by atoms with E-state index in [0.717, 1.165) is 25.9 Å². The number of nitrogens with zero attached hydrogens (tertiary/aromatic N) is 3. The van der Waals surface area contributed by atoms with Gasteiger partial charge in [-0.25, -0.2) is 4.79 Å². The van der Waals surface area contributed by atoms with Crippen LogP contribution in [-0.4, -0.2) is 26.3 Å². The molecule has 0 spiro atoms. The highest BCUT2D eigenvalue weighted by atomic mass is 16.2. The molecule has 156 valence electrons. The van der Waals surface area contributed by atoms with Gasteiger partial charge in [-0.3, -0.25) is 14.2 Å². The quantitative estimate of drug-likeness (QED) is 0.682. The average Bonchev–Trinajstić information content (AvgIpc) is 2.71. The fourth-order valence-corrected chi connectivity index (χ4v) is 3.11. The highest BCUT2D eigenvalue weighted by Gasteiger charge is 2.21. The van der Waals surface area contributed by atoms with E-state index in [1.165, 1.54) is 0 Å². The monoisotopic (exact) mass is 406 g/mol. The number of amides is 1. The number of hydrogen-bond acceptors (Lipinski definition) is 4. The van der Waals surface area contributed by atoms with Gasteiger partial charge in [0.25, 0.3) is 11.5 Å². The second kappa shape index (κ2) is 8.90. The maximum atomic E-state index is 13.2. The summed E-state index contributed by atoms with van der Waals surface area (Å²) in [4.78, 5) is 39.0. The minimum absolute atomic E-state index is 0.0529. The molecule has 2 aromatic carbocycles. The molecule has 3 rings (SSSR count). The van der Waals surface area contributed by atoms with Gasteiger partial charge >= 0.3 is 5.69 Å². The summed E-state index contributed by atoms with van der Waals surface area (Å²) in [7, 11) is 0. The van der Waals surface area contributed by atoms with Gasteiger partial charge in [0.05, 0.1) is 12.2 Å². The first-order valence-electron chi connectivity index (χ1n) is 9.97. The Morgan fingerprint density at radius 2 is 1.73 bits per heavy atom. The summed E-state index contributed by atoms with van der Waals surface area (Å²) >= 11 is 0. The predicted octanol–water partition coefficient (Wildman–Crippen LogP) is 2.59. The Balaban J connectivity index is 2.20. The molecule has 0 radical (unpaired) electrons. The van der Waals surface area contributed by atoms with Gasteiger partial charge in [0, 0.05) is 6.04 Å². The molecule has 0 bridgehead atoms. The molecule has 1 atom stereocenters. The molecule has 0 aliphatic rings. The Morgan fingerprint density at radius 1 is 1.07 bits per heavy atom. The number of carbonyl (C=O) groups excluding carboxylic acids is 1. The normalized spacial score (nSPS) is 11.9. The van der Waals surface area contributed by atoms with Crippen LogP contribution < -0.4 is 16.6 Å². The number of benzene rings is 2. The van der Waals surface area contributed by atoms with Crippen molar-refractivity contribution in [1.82, 2.24) is 19.7 Å². The van der Waals surface area contributed by atoms with Crippen molar-refractivity contribution >= 4 is 5.91 Å². The second-order valence-electron chi connectivity index (χ2n) is 7.55. The van der Waals surface area contributed by atoms with Crippen molar-refractivity contribution in [1.29, 1.82) is 0 Å². The third kappa shape index (κ3) is 4.56. The molecule has 7 nitrogen and oxygen atoms in total. The van der Waals surface area contributed by atoms with E-state index < -0.39 is 17.2 Å². The van der Waals surface area contributed by atoms with E-state index in [9.17, 15) is 14.4 Å². The van der Waals surface area contributed by atoms with Crippen LogP contribution in [0.1, 0.15) is 47.4 Å². The first kappa shape index (κ1) is 21.2. The van der Waals surface area contributed by atoms with Crippen LogP contribution in [-0.2, 0) is 6.54 Å². The van der Waals surface area contributed by atoms with Gasteiger partial charge in [-0.2, -0.15) is 9.78 Å². The summed E-state index contributed by atoms with van der Waals surface area (Å²) in [6, 6.07) is 14.6. The maximum Gasteiger partial charge on any atom is 0.352 e. The van der Waals surface area contributed by atoms with Crippen LogP contribution in [0.5, 0.6) is 0 Å². The molecular weight excluding hydrogens is 380 g/mol. The van der Waals surface area contributed by atoms with Gasteiger partial charge in [-0.1, -0.05) is 48.9 Å². The highest BCUT2D eigenvalue weighted by Crippen LogP contribution is 2.08. The molecule has 1 aromatic heterocycles. The van der Waals surface area contributed by atoms with Crippen molar-refractivity contribution in [2.75, 3.05) is 0 Å². The van der Waals surface area contributed by atoms with Crippen molar-refractivity contribution in [3.05, 3.63) is 91.8 Å². The minimum Gasteiger partial charge on any atom is -0.348 e. The molecular formula is C23H26N4O3. The molecule has 0 aliphatic carbocycles. The summed E-state index contributed by atoms with van der Waals surface area (Å²) < 4.78 is 2.19. The van der Waals surface area contributed by atoms with Crippen LogP contribution in [0.3, 0.4) is 0 Å². The number of aryl methyl sites for hydroxylation is 2. The van der Waals surface area contributed by atoms with Crippen molar-refractivity contribution in [3.8, 4) is 5.69 Å². The van der Waals surface area contributed by atoms with Crippen LogP contribution in [0, 0.1) is 13.8 Å². The van der Waals surface area contributed by atoms with Crippen molar-refractivity contribution in [2.45, 2.75) is 46.7 Å². The Labute approximate surface area is 175 Å². The summed E-state index contributed by atoms with van der Waals surface area (Å²) in [5.41, 5.74) is 1.65. The first-order valence-corrected chi connectivity index (χ1v) is 9.97. The number of carbonyl (C=O) groups is 1. The second-order valence-corrected chi connectivity index (χ2v) is 7.55. The lowest BCUT2D eigenvalue weighted by atomic mass is 10.1. The SMILES string of the molecule is CCC(C)NC(=O)c1nn(-c2cccc(C)c2)c(=O)n(Cc2cccc(C)c2)c1=O. The molecule has 0 saturated heterocycles. The topological polar surface area (TPSA) is 86.0 Å². The molecule has 0 saturated carbocycles. The third-order valence-electron chi connectivity index (χ3n) is 4.93. The van der Waals surface area contributed by atoms with E-state index in [1.807, 2.05) is 58.0 Å². The Morgan fingerprint density at radius 3 is 2.37 bits per heavy atom. The van der Waals surface area contributed by atoms with E-state index in [0.29, 0.717) is 12.1 Å². The number of hydrogen-bond donors (Lipinski definition) is 1. The molecule has 1 N–H and O–H groups in total. The van der Waals surface area contributed by atoms with Gasteiger partial charge in [-0.05, 0) is 50.5 Å². The van der Waals surface area contributed by atoms with Crippen LogP contribution >= 0.6 is 0 Å². The molecule has 3 aromatic rings. The van der Waals surface area contributed by atoms with Crippen molar-refractivity contribution in [2.24, 2.45) is 0 Å². The molecule has 0 aliphatic heterocycles. The summed E-state index contributed by atoms with van der Waals surface area (Å²) in [5, 5.41) is 6.92. The lowest BCUT2D eigenvalue weighted by molar-refractivity contribution is 0.0929. The van der Waals surface area contributed by atoms with Crippen LogP contribution in [0.15, 0.2) is 58.1 Å². The maximum absolute atomic E-state index is 13.2. The zero-order valence-corrected chi connectivity index (χ0v) is 17.7. The smallest absolute Gasteiger partial charge is 0.348 e. The zero-order valence-electron chi connectivity index (χ0n) is 17.7. The van der Waals surface area contributed by atoms with Crippen LogP contribution in [0.25, 0.3) is 5.69 Å². The van der Waals surface area contributed by atoms with E-state index in [-0.39, 0.29) is 18.3 Å². The molecule has 1 amide bonds. The highest BCUT2D eigenvalue weighted by molar-refractivity contribution is 5.91. The van der Waals surface area contributed by atoms with E-state index in [4.69, 9.17) is 0 Å². The lowest BCUT2D eigenvalue weighted by Gasteiger charge is -2.14. The molecule has 30 heavy (non-hydrogen) atoms. The number of rotatable bonds is 6. The summed E-state index contributed by atoms with van der Waals surface area (Å²) in [6.07, 6.45) is 0.709.